The minimum absolute atomic E-state index is 0.341. The van der Waals surface area contributed by atoms with Crippen molar-refractivity contribution in [1.82, 2.24) is 9.97 Å². The second-order valence-electron chi connectivity index (χ2n) is 4.42. The molecule has 18 heavy (non-hydrogen) atoms. The molecule has 0 saturated carbocycles. The number of nitrogens with one attached hydrogen (secondary N) is 1. The van der Waals surface area contributed by atoms with Crippen molar-refractivity contribution in [2.45, 2.75) is 26.3 Å². The fourth-order valence-electron chi connectivity index (χ4n) is 1.70. The van der Waals surface area contributed by atoms with E-state index in [0.29, 0.717) is 5.92 Å². The van der Waals surface area contributed by atoms with E-state index in [9.17, 15) is 0 Å². The van der Waals surface area contributed by atoms with Gasteiger partial charge in [0.05, 0.1) is 11.9 Å². The van der Waals surface area contributed by atoms with Gasteiger partial charge in [0.2, 0.25) is 0 Å². The van der Waals surface area contributed by atoms with Crippen LogP contribution in [-0.2, 0) is 6.54 Å². The van der Waals surface area contributed by atoms with Gasteiger partial charge in [0.25, 0.3) is 0 Å². The van der Waals surface area contributed by atoms with Crippen LogP contribution < -0.4 is 5.32 Å². The summed E-state index contributed by atoms with van der Waals surface area (Å²) in [6.07, 6.45) is 1.72. The Bertz CT molecular complexity index is 512. The number of benzene rings is 1. The van der Waals surface area contributed by atoms with E-state index in [4.69, 9.17) is 0 Å². The van der Waals surface area contributed by atoms with E-state index in [-0.39, 0.29) is 0 Å². The standard InChI is InChI=1S/C14H16BrN3/c1-10(2)13-14(17-9-12(15)18-13)16-8-11-6-4-3-5-7-11/h3-7,9-10H,8H2,1-2H3,(H,16,17). The maximum atomic E-state index is 4.48. The zero-order valence-corrected chi connectivity index (χ0v) is 12.1. The Balaban J connectivity index is 2.14. The number of hydrogen-bond donors (Lipinski definition) is 1. The van der Waals surface area contributed by atoms with Crippen molar-refractivity contribution in [2.24, 2.45) is 0 Å². The van der Waals surface area contributed by atoms with Gasteiger partial charge in [-0.15, -0.1) is 0 Å². The van der Waals surface area contributed by atoms with Crippen LogP contribution in [0.4, 0.5) is 5.82 Å². The second kappa shape index (κ2) is 5.96. The van der Waals surface area contributed by atoms with Gasteiger partial charge in [0.15, 0.2) is 0 Å². The van der Waals surface area contributed by atoms with Crippen LogP contribution in [0.3, 0.4) is 0 Å². The molecule has 0 spiro atoms. The Kier molecular flexibility index (Phi) is 4.31. The fraction of sp³-hybridized carbons (Fsp3) is 0.286. The molecule has 3 nitrogen and oxygen atoms in total. The van der Waals surface area contributed by atoms with Gasteiger partial charge in [-0.2, -0.15) is 0 Å². The first-order valence-electron chi connectivity index (χ1n) is 5.97. The lowest BCUT2D eigenvalue weighted by atomic mass is 10.1. The molecule has 0 saturated heterocycles. The van der Waals surface area contributed by atoms with E-state index < -0.39 is 0 Å². The Morgan fingerprint density at radius 1 is 1.22 bits per heavy atom. The molecule has 0 aliphatic heterocycles. The molecule has 1 aromatic heterocycles. The van der Waals surface area contributed by atoms with E-state index in [1.165, 1.54) is 5.56 Å². The molecule has 1 N–H and O–H groups in total. The molecular weight excluding hydrogens is 290 g/mol. The first-order chi connectivity index (χ1) is 8.66. The predicted molar refractivity (Wildman–Crippen MR) is 77.6 cm³/mol. The normalized spacial score (nSPS) is 10.7. The highest BCUT2D eigenvalue weighted by molar-refractivity contribution is 9.10. The molecule has 0 unspecified atom stereocenters. The van der Waals surface area contributed by atoms with E-state index in [2.05, 4.69) is 57.2 Å². The molecule has 1 heterocycles. The average Bonchev–Trinajstić information content (AvgIpc) is 2.38. The first kappa shape index (κ1) is 13.0. The van der Waals surface area contributed by atoms with Gasteiger partial charge in [0.1, 0.15) is 10.4 Å². The number of anilines is 1. The molecule has 4 heteroatoms. The van der Waals surface area contributed by atoms with Crippen LogP contribution in [0, 0.1) is 0 Å². The number of aromatic nitrogens is 2. The third kappa shape index (κ3) is 3.29. The van der Waals surface area contributed by atoms with Crippen molar-refractivity contribution in [3.05, 3.63) is 52.4 Å². The lowest BCUT2D eigenvalue weighted by molar-refractivity contribution is 0.806. The Morgan fingerprint density at radius 2 is 1.94 bits per heavy atom. The van der Waals surface area contributed by atoms with Crippen LogP contribution in [0.5, 0.6) is 0 Å². The van der Waals surface area contributed by atoms with E-state index in [1.54, 1.807) is 6.20 Å². The second-order valence-corrected chi connectivity index (χ2v) is 5.23. The van der Waals surface area contributed by atoms with Gasteiger partial charge < -0.3 is 5.32 Å². The lowest BCUT2D eigenvalue weighted by Gasteiger charge is -2.12. The van der Waals surface area contributed by atoms with Crippen molar-refractivity contribution in [1.29, 1.82) is 0 Å². The van der Waals surface area contributed by atoms with Gasteiger partial charge >= 0.3 is 0 Å². The predicted octanol–water partition coefficient (Wildman–Crippen LogP) is 3.97. The highest BCUT2D eigenvalue weighted by Crippen LogP contribution is 2.22. The molecule has 0 aliphatic carbocycles. The van der Waals surface area contributed by atoms with Crippen molar-refractivity contribution in [3.8, 4) is 0 Å². The van der Waals surface area contributed by atoms with Crippen molar-refractivity contribution < 1.29 is 0 Å². The van der Waals surface area contributed by atoms with Gasteiger partial charge in [-0.3, -0.25) is 0 Å². The van der Waals surface area contributed by atoms with E-state index in [0.717, 1.165) is 22.7 Å². The van der Waals surface area contributed by atoms with Gasteiger partial charge in [0, 0.05) is 6.54 Å². The highest BCUT2D eigenvalue weighted by Gasteiger charge is 2.10. The summed E-state index contributed by atoms with van der Waals surface area (Å²) >= 11 is 3.36. The van der Waals surface area contributed by atoms with E-state index >= 15 is 0 Å². The third-order valence-corrected chi connectivity index (χ3v) is 3.00. The molecule has 94 valence electrons. The zero-order chi connectivity index (χ0) is 13.0. The van der Waals surface area contributed by atoms with E-state index in [1.807, 2.05) is 18.2 Å². The van der Waals surface area contributed by atoms with Gasteiger partial charge in [-0.25, -0.2) is 9.97 Å². The lowest BCUT2D eigenvalue weighted by Crippen LogP contribution is -2.07. The molecular formula is C14H16BrN3. The largest absolute Gasteiger partial charge is 0.364 e. The Labute approximate surface area is 116 Å². The molecule has 0 atom stereocenters. The molecule has 0 aliphatic rings. The number of hydrogen-bond acceptors (Lipinski definition) is 3. The van der Waals surface area contributed by atoms with Gasteiger partial charge in [-0.1, -0.05) is 44.2 Å². The number of nitrogens with zero attached hydrogens (tertiary/aromatic N) is 2. The minimum atomic E-state index is 0.341. The SMILES string of the molecule is CC(C)c1nc(Br)cnc1NCc1ccccc1. The Hall–Kier alpha value is -1.42. The smallest absolute Gasteiger partial charge is 0.148 e. The van der Waals surface area contributed by atoms with Crippen LogP contribution in [0.25, 0.3) is 0 Å². The zero-order valence-electron chi connectivity index (χ0n) is 10.5. The minimum Gasteiger partial charge on any atom is -0.364 e. The summed E-state index contributed by atoms with van der Waals surface area (Å²) in [7, 11) is 0. The summed E-state index contributed by atoms with van der Waals surface area (Å²) in [6, 6.07) is 10.3. The van der Waals surface area contributed by atoms with Crippen molar-refractivity contribution in [2.75, 3.05) is 5.32 Å². The maximum absolute atomic E-state index is 4.48. The molecule has 0 fully saturated rings. The van der Waals surface area contributed by atoms with Crippen LogP contribution in [0.1, 0.15) is 31.0 Å². The highest BCUT2D eigenvalue weighted by atomic mass is 79.9. The summed E-state index contributed by atoms with van der Waals surface area (Å²) < 4.78 is 0.775. The van der Waals surface area contributed by atoms with Crippen LogP contribution in [-0.4, -0.2) is 9.97 Å². The molecule has 0 bridgehead atoms. The van der Waals surface area contributed by atoms with Crippen LogP contribution in [0.15, 0.2) is 41.1 Å². The summed E-state index contributed by atoms with van der Waals surface area (Å²) in [5, 5.41) is 3.34. The topological polar surface area (TPSA) is 37.8 Å². The van der Waals surface area contributed by atoms with Crippen molar-refractivity contribution in [3.63, 3.8) is 0 Å². The average molecular weight is 306 g/mol. The summed E-state index contributed by atoms with van der Waals surface area (Å²) in [4.78, 5) is 8.87. The van der Waals surface area contributed by atoms with Crippen LogP contribution >= 0.6 is 15.9 Å². The monoisotopic (exact) mass is 305 g/mol. The molecule has 0 radical (unpaired) electrons. The number of rotatable bonds is 4. The summed E-state index contributed by atoms with van der Waals surface area (Å²) in [6.45, 7) is 4.99. The molecule has 2 rings (SSSR count). The molecule has 0 amide bonds. The quantitative estimate of drug-likeness (QED) is 0.928. The first-order valence-corrected chi connectivity index (χ1v) is 6.76. The van der Waals surface area contributed by atoms with Crippen LogP contribution in [0.2, 0.25) is 0 Å². The third-order valence-electron chi connectivity index (χ3n) is 2.62. The van der Waals surface area contributed by atoms with Gasteiger partial charge in [-0.05, 0) is 27.4 Å². The summed E-state index contributed by atoms with van der Waals surface area (Å²) in [5.74, 6) is 1.20. The molecule has 2 aromatic rings. The fourth-order valence-corrected chi connectivity index (χ4v) is 1.99. The number of halogens is 1. The molecule has 1 aromatic carbocycles. The Morgan fingerprint density at radius 3 is 2.61 bits per heavy atom. The maximum Gasteiger partial charge on any atom is 0.148 e. The van der Waals surface area contributed by atoms with Crippen molar-refractivity contribution >= 4 is 21.7 Å². The summed E-state index contributed by atoms with van der Waals surface area (Å²) in [5.41, 5.74) is 2.22.